The number of carbonyl (C=O) groups excluding carboxylic acids is 2. The molecule has 160 valence electrons. The standard InChI is InChI=1S/C18H20FN5O6/c1-4-30-17(27)11-5-10-14(20-3)12(24(28)29)6-21-15(10)23(16(11)26)7-13(25)22-8-18(2,19)9-22/h5-6H,4,7-9H2,1-3H3,(H,20,21). The van der Waals surface area contributed by atoms with Crippen LogP contribution in [0.25, 0.3) is 11.0 Å². The van der Waals surface area contributed by atoms with Gasteiger partial charge in [0.05, 0.1) is 24.6 Å². The molecule has 2 aromatic rings. The first-order valence-corrected chi connectivity index (χ1v) is 9.12. The second-order valence-corrected chi connectivity index (χ2v) is 7.10. The fourth-order valence-corrected chi connectivity index (χ4v) is 3.37. The van der Waals surface area contributed by atoms with Crippen molar-refractivity contribution in [3.8, 4) is 0 Å². The van der Waals surface area contributed by atoms with E-state index >= 15 is 0 Å². The van der Waals surface area contributed by atoms with Crippen LogP contribution < -0.4 is 10.9 Å². The van der Waals surface area contributed by atoms with Gasteiger partial charge in [0, 0.05) is 12.4 Å². The largest absolute Gasteiger partial charge is 0.462 e. The van der Waals surface area contributed by atoms with Crippen molar-refractivity contribution in [1.29, 1.82) is 0 Å². The first-order chi connectivity index (χ1) is 14.1. The highest BCUT2D eigenvalue weighted by molar-refractivity contribution is 6.00. The van der Waals surface area contributed by atoms with Gasteiger partial charge >= 0.3 is 11.7 Å². The number of anilines is 1. The van der Waals surface area contributed by atoms with Gasteiger partial charge in [0.1, 0.15) is 35.3 Å². The molecule has 0 saturated carbocycles. The zero-order valence-corrected chi connectivity index (χ0v) is 16.6. The van der Waals surface area contributed by atoms with Gasteiger partial charge in [0.2, 0.25) is 5.91 Å². The van der Waals surface area contributed by atoms with Crippen LogP contribution in [-0.4, -0.2) is 63.7 Å². The van der Waals surface area contributed by atoms with E-state index in [1.54, 1.807) is 6.92 Å². The zero-order valence-electron chi connectivity index (χ0n) is 16.6. The van der Waals surface area contributed by atoms with E-state index in [-0.39, 0.29) is 42.1 Å². The Bertz CT molecular complexity index is 1100. The molecular weight excluding hydrogens is 401 g/mol. The Balaban J connectivity index is 2.19. The molecule has 1 aliphatic rings. The number of carbonyl (C=O) groups is 2. The van der Waals surface area contributed by atoms with Gasteiger partial charge in [0.15, 0.2) is 0 Å². The lowest BCUT2D eigenvalue weighted by atomic mass is 9.99. The molecule has 1 saturated heterocycles. The highest BCUT2D eigenvalue weighted by Gasteiger charge is 2.41. The number of pyridine rings is 2. The maximum Gasteiger partial charge on any atom is 0.343 e. The maximum atomic E-state index is 13.8. The summed E-state index contributed by atoms with van der Waals surface area (Å²) in [5, 5.41) is 14.1. The summed E-state index contributed by atoms with van der Waals surface area (Å²) in [6.07, 6.45) is 0.959. The molecule has 30 heavy (non-hydrogen) atoms. The molecule has 0 aliphatic carbocycles. The van der Waals surface area contributed by atoms with Gasteiger partial charge in [-0.15, -0.1) is 0 Å². The first-order valence-electron chi connectivity index (χ1n) is 9.12. The Morgan fingerprint density at radius 1 is 1.43 bits per heavy atom. The number of aromatic nitrogens is 2. The van der Waals surface area contributed by atoms with E-state index in [1.807, 2.05) is 0 Å². The van der Waals surface area contributed by atoms with Crippen LogP contribution in [-0.2, 0) is 16.1 Å². The average molecular weight is 421 g/mol. The number of amides is 1. The highest BCUT2D eigenvalue weighted by Crippen LogP contribution is 2.31. The number of nitrogens with one attached hydrogen (secondary N) is 1. The Labute approximate surface area is 169 Å². The molecule has 0 bridgehead atoms. The van der Waals surface area contributed by atoms with E-state index in [0.717, 1.165) is 16.8 Å². The molecule has 11 nitrogen and oxygen atoms in total. The quantitative estimate of drug-likeness (QED) is 0.416. The van der Waals surface area contributed by atoms with E-state index in [4.69, 9.17) is 4.74 Å². The topological polar surface area (TPSA) is 137 Å². The molecule has 0 unspecified atom stereocenters. The first kappa shape index (κ1) is 21.1. The number of fused-ring (bicyclic) bond motifs is 1. The Hall–Kier alpha value is -3.57. The van der Waals surface area contributed by atoms with E-state index in [1.165, 1.54) is 18.9 Å². The smallest absolute Gasteiger partial charge is 0.343 e. The normalized spacial score (nSPS) is 14.9. The number of halogens is 1. The third kappa shape index (κ3) is 3.67. The minimum atomic E-state index is -1.49. The number of hydrogen-bond acceptors (Lipinski definition) is 8. The third-order valence-electron chi connectivity index (χ3n) is 4.72. The summed E-state index contributed by atoms with van der Waals surface area (Å²) in [6.45, 7) is 2.19. The molecule has 1 amide bonds. The number of nitro groups is 1. The number of ether oxygens (including phenoxy) is 1. The van der Waals surface area contributed by atoms with Crippen molar-refractivity contribution in [3.05, 3.63) is 38.3 Å². The van der Waals surface area contributed by atoms with Crippen LogP contribution >= 0.6 is 0 Å². The number of esters is 1. The Morgan fingerprint density at radius 2 is 2.10 bits per heavy atom. The second kappa shape index (κ2) is 7.69. The van der Waals surface area contributed by atoms with Crippen molar-refractivity contribution in [2.75, 3.05) is 32.1 Å². The Morgan fingerprint density at radius 3 is 2.63 bits per heavy atom. The monoisotopic (exact) mass is 421 g/mol. The van der Waals surface area contributed by atoms with Crippen LogP contribution in [0.1, 0.15) is 24.2 Å². The summed E-state index contributed by atoms with van der Waals surface area (Å²) < 4.78 is 19.6. The van der Waals surface area contributed by atoms with E-state index in [0.29, 0.717) is 0 Å². The number of nitrogens with zero attached hydrogens (tertiary/aromatic N) is 4. The van der Waals surface area contributed by atoms with Crippen molar-refractivity contribution < 1.29 is 23.6 Å². The fourth-order valence-electron chi connectivity index (χ4n) is 3.37. The summed E-state index contributed by atoms with van der Waals surface area (Å²) in [5.41, 5.74) is -3.09. The van der Waals surface area contributed by atoms with Gasteiger partial charge in [-0.2, -0.15) is 0 Å². The predicted molar refractivity (Wildman–Crippen MR) is 104 cm³/mol. The van der Waals surface area contributed by atoms with Crippen molar-refractivity contribution >= 4 is 34.3 Å². The van der Waals surface area contributed by atoms with Crippen LogP contribution in [0.3, 0.4) is 0 Å². The maximum absolute atomic E-state index is 13.8. The molecule has 12 heteroatoms. The summed E-state index contributed by atoms with van der Waals surface area (Å²) in [7, 11) is 1.44. The van der Waals surface area contributed by atoms with Crippen LogP contribution in [0.15, 0.2) is 17.1 Å². The summed E-state index contributed by atoms with van der Waals surface area (Å²) in [4.78, 5) is 53.7. The fraction of sp³-hybridized carbons (Fsp3) is 0.444. The number of rotatable bonds is 6. The molecule has 0 radical (unpaired) electrons. The van der Waals surface area contributed by atoms with Gasteiger partial charge in [-0.1, -0.05) is 0 Å². The van der Waals surface area contributed by atoms with E-state index in [9.17, 15) is 28.9 Å². The lowest BCUT2D eigenvalue weighted by molar-refractivity contribution is -0.384. The SMILES string of the molecule is CCOC(=O)c1cc2c(NC)c([N+](=O)[O-])cnc2n(CC(=O)N2CC(C)(F)C2)c1=O. The molecule has 0 atom stereocenters. The van der Waals surface area contributed by atoms with Crippen molar-refractivity contribution in [2.45, 2.75) is 26.1 Å². The minimum absolute atomic E-state index is 0.00414. The van der Waals surface area contributed by atoms with Gasteiger partial charge < -0.3 is 15.0 Å². The number of hydrogen-bond donors (Lipinski definition) is 1. The molecule has 1 fully saturated rings. The van der Waals surface area contributed by atoms with Crippen molar-refractivity contribution in [2.24, 2.45) is 0 Å². The molecule has 0 spiro atoms. The summed E-state index contributed by atoms with van der Waals surface area (Å²) in [5.74, 6) is -1.47. The molecule has 0 aromatic carbocycles. The molecule has 3 heterocycles. The van der Waals surface area contributed by atoms with Gasteiger partial charge in [-0.3, -0.25) is 24.3 Å². The molecule has 1 aliphatic heterocycles. The van der Waals surface area contributed by atoms with Gasteiger partial charge in [0.25, 0.3) is 5.56 Å². The van der Waals surface area contributed by atoms with Crippen LogP contribution in [0.4, 0.5) is 15.8 Å². The minimum Gasteiger partial charge on any atom is -0.462 e. The lowest BCUT2D eigenvalue weighted by Gasteiger charge is -2.42. The Kier molecular flexibility index (Phi) is 5.42. The molecule has 1 N–H and O–H groups in total. The van der Waals surface area contributed by atoms with Gasteiger partial charge in [-0.05, 0) is 19.9 Å². The zero-order chi connectivity index (χ0) is 22.2. The summed E-state index contributed by atoms with van der Waals surface area (Å²) >= 11 is 0. The van der Waals surface area contributed by atoms with Crippen LogP contribution in [0.5, 0.6) is 0 Å². The third-order valence-corrected chi connectivity index (χ3v) is 4.72. The van der Waals surface area contributed by atoms with Crippen LogP contribution in [0.2, 0.25) is 0 Å². The van der Waals surface area contributed by atoms with E-state index in [2.05, 4.69) is 10.3 Å². The molecule has 3 rings (SSSR count). The van der Waals surface area contributed by atoms with E-state index < -0.39 is 40.1 Å². The lowest BCUT2D eigenvalue weighted by Crippen LogP contribution is -2.60. The highest BCUT2D eigenvalue weighted by atomic mass is 19.1. The second-order valence-electron chi connectivity index (χ2n) is 7.10. The number of alkyl halides is 1. The summed E-state index contributed by atoms with van der Waals surface area (Å²) in [6, 6.07) is 1.16. The predicted octanol–water partition coefficient (Wildman–Crippen LogP) is 1.09. The van der Waals surface area contributed by atoms with Crippen LogP contribution in [0, 0.1) is 10.1 Å². The molecule has 2 aromatic heterocycles. The van der Waals surface area contributed by atoms with Crippen molar-refractivity contribution in [3.63, 3.8) is 0 Å². The average Bonchev–Trinajstić information content (AvgIpc) is 2.66. The van der Waals surface area contributed by atoms with Gasteiger partial charge in [-0.25, -0.2) is 14.2 Å². The molecular formula is C18H20FN5O6. The van der Waals surface area contributed by atoms with Crippen molar-refractivity contribution in [1.82, 2.24) is 14.5 Å². The number of likely N-dealkylation sites (tertiary alicyclic amines) is 1.